The molecule has 0 spiro atoms. The van der Waals surface area contributed by atoms with Crippen molar-refractivity contribution in [3.8, 4) is 0 Å². The molecule has 1 aromatic carbocycles. The van der Waals surface area contributed by atoms with E-state index >= 15 is 0 Å². The van der Waals surface area contributed by atoms with Gasteiger partial charge in [0.05, 0.1) is 22.2 Å². The second kappa shape index (κ2) is 6.20. The average Bonchev–Trinajstić information content (AvgIpc) is 2.90. The lowest BCUT2D eigenvalue weighted by Crippen LogP contribution is -2.12. The van der Waals surface area contributed by atoms with Crippen LogP contribution in [0.5, 0.6) is 0 Å². The van der Waals surface area contributed by atoms with E-state index in [1.54, 1.807) is 12.4 Å². The van der Waals surface area contributed by atoms with Gasteiger partial charge in [0.2, 0.25) is 5.56 Å². The first kappa shape index (κ1) is 17.0. The number of pyridine rings is 1. The van der Waals surface area contributed by atoms with E-state index in [0.29, 0.717) is 22.1 Å². The molecule has 0 fully saturated rings. The molecule has 28 heavy (non-hydrogen) atoms. The molecule has 8 heteroatoms. The Morgan fingerprint density at radius 3 is 2.71 bits per heavy atom. The van der Waals surface area contributed by atoms with Crippen LogP contribution in [-0.4, -0.2) is 19.5 Å². The Bertz CT molecular complexity index is 1400. The number of nitrogens with one attached hydrogen (secondary N) is 1. The molecule has 5 rings (SSSR count). The number of aromatic amines is 1. The zero-order valence-corrected chi connectivity index (χ0v) is 15.8. The van der Waals surface area contributed by atoms with Crippen molar-refractivity contribution in [1.82, 2.24) is 19.5 Å². The maximum Gasteiger partial charge on any atom is 0.248 e. The van der Waals surface area contributed by atoms with Crippen molar-refractivity contribution in [3.05, 3.63) is 86.5 Å². The van der Waals surface area contributed by atoms with Crippen LogP contribution in [0.25, 0.3) is 27.6 Å². The lowest BCUT2D eigenvalue weighted by atomic mass is 10.0. The van der Waals surface area contributed by atoms with Crippen LogP contribution in [0, 0.1) is 11.6 Å². The largest absolute Gasteiger partial charge is 0.319 e. The molecule has 0 bridgehead atoms. The van der Waals surface area contributed by atoms with Gasteiger partial charge in [0.15, 0.2) is 17.3 Å². The van der Waals surface area contributed by atoms with Gasteiger partial charge in [0.25, 0.3) is 0 Å². The highest BCUT2D eigenvalue weighted by Gasteiger charge is 2.22. The molecule has 0 atom stereocenters. The van der Waals surface area contributed by atoms with Crippen LogP contribution in [0.1, 0.15) is 11.3 Å². The van der Waals surface area contributed by atoms with Gasteiger partial charge in [-0.1, -0.05) is 18.2 Å². The Hall–Kier alpha value is -3.13. The zero-order valence-electron chi connectivity index (χ0n) is 14.2. The van der Waals surface area contributed by atoms with Crippen molar-refractivity contribution in [1.29, 1.82) is 0 Å². The lowest BCUT2D eigenvalue weighted by molar-refractivity contribution is 0.515. The standard InChI is InChI=1S/C20H11BrF2N4O/c21-15-18-20(25-7-6-24-18)27(19(15)10-2-1-3-10)9-11-8-14(28)26-17-12(11)4-5-13(22)16(17)23/h1-8H,9H2,(H,26,28). The van der Waals surface area contributed by atoms with Crippen molar-refractivity contribution in [2.75, 3.05) is 0 Å². The van der Waals surface area contributed by atoms with Crippen LogP contribution >= 0.6 is 15.9 Å². The van der Waals surface area contributed by atoms with Gasteiger partial charge in [-0.05, 0) is 39.2 Å². The third-order valence-electron chi connectivity index (χ3n) is 4.77. The van der Waals surface area contributed by atoms with Crippen LogP contribution in [0.4, 0.5) is 8.78 Å². The number of nitrogens with zero attached hydrogens (tertiary/aromatic N) is 3. The normalized spacial score (nSPS) is 13.2. The molecule has 3 heterocycles. The first-order valence-corrected chi connectivity index (χ1v) is 9.21. The van der Waals surface area contributed by atoms with E-state index in [4.69, 9.17) is 0 Å². The highest BCUT2D eigenvalue weighted by atomic mass is 79.9. The quantitative estimate of drug-likeness (QED) is 0.516. The first-order valence-electron chi connectivity index (χ1n) is 8.42. The van der Waals surface area contributed by atoms with Gasteiger partial charge in [0.1, 0.15) is 5.52 Å². The predicted octanol–water partition coefficient (Wildman–Crippen LogP) is 4.32. The minimum absolute atomic E-state index is 0.145. The number of allylic oxidation sites excluding steroid dienone is 4. The van der Waals surface area contributed by atoms with Crippen LogP contribution in [0.3, 0.4) is 0 Å². The maximum absolute atomic E-state index is 14.2. The van der Waals surface area contributed by atoms with Gasteiger partial charge in [-0.2, -0.15) is 0 Å². The summed E-state index contributed by atoms with van der Waals surface area (Å²) in [6.07, 6.45) is 9.03. The smallest absolute Gasteiger partial charge is 0.248 e. The Balaban J connectivity index is 1.78. The van der Waals surface area contributed by atoms with E-state index in [2.05, 4.69) is 30.9 Å². The van der Waals surface area contributed by atoms with Gasteiger partial charge in [-0.15, -0.1) is 0 Å². The minimum atomic E-state index is -1.07. The van der Waals surface area contributed by atoms with E-state index in [9.17, 15) is 13.6 Å². The highest BCUT2D eigenvalue weighted by molar-refractivity contribution is 9.10. The first-order chi connectivity index (χ1) is 13.5. The summed E-state index contributed by atoms with van der Waals surface area (Å²) in [6.45, 7) is 0.243. The number of aromatic nitrogens is 4. The van der Waals surface area contributed by atoms with Crippen LogP contribution in [0.15, 0.2) is 58.1 Å². The number of hydrogen-bond donors (Lipinski definition) is 1. The maximum atomic E-state index is 14.2. The van der Waals surface area contributed by atoms with Crippen molar-refractivity contribution in [2.45, 2.75) is 6.54 Å². The molecule has 5 nitrogen and oxygen atoms in total. The average molecular weight is 441 g/mol. The van der Waals surface area contributed by atoms with Gasteiger partial charge in [-0.3, -0.25) is 9.78 Å². The van der Waals surface area contributed by atoms with Crippen molar-refractivity contribution >= 4 is 43.6 Å². The van der Waals surface area contributed by atoms with Crippen molar-refractivity contribution < 1.29 is 8.78 Å². The summed E-state index contributed by atoms with van der Waals surface area (Å²) < 4.78 is 30.6. The molecular formula is C20H11BrF2N4O. The summed E-state index contributed by atoms with van der Waals surface area (Å²) in [6, 6.07) is 3.92. The SMILES string of the molecule is O=c1cc(Cn2c(C3=CC=C3)c(Br)c3nccnc32)c2ccc(F)c(F)c2[nH]1. The molecule has 0 saturated heterocycles. The summed E-state index contributed by atoms with van der Waals surface area (Å²) in [4.78, 5) is 23.3. The lowest BCUT2D eigenvalue weighted by Gasteiger charge is -2.15. The molecule has 3 aromatic heterocycles. The molecule has 0 aliphatic heterocycles. The number of fused-ring (bicyclic) bond motifs is 2. The predicted molar refractivity (Wildman–Crippen MR) is 106 cm³/mol. The molecule has 0 unspecified atom stereocenters. The van der Waals surface area contributed by atoms with E-state index in [0.717, 1.165) is 21.8 Å². The van der Waals surface area contributed by atoms with Gasteiger partial charge in [0, 0.05) is 23.8 Å². The van der Waals surface area contributed by atoms with Crippen LogP contribution in [-0.2, 0) is 6.54 Å². The molecule has 1 aliphatic rings. The van der Waals surface area contributed by atoms with Crippen LogP contribution < -0.4 is 5.56 Å². The van der Waals surface area contributed by atoms with Gasteiger partial charge in [-0.25, -0.2) is 13.8 Å². The Morgan fingerprint density at radius 2 is 1.96 bits per heavy atom. The number of hydrogen-bond acceptors (Lipinski definition) is 3. The number of halogens is 3. The molecule has 0 amide bonds. The minimum Gasteiger partial charge on any atom is -0.319 e. The third kappa shape index (κ3) is 2.45. The fourth-order valence-electron chi connectivity index (χ4n) is 3.44. The Labute approximate surface area is 165 Å². The molecule has 0 saturated carbocycles. The summed E-state index contributed by atoms with van der Waals surface area (Å²) in [5.74, 6) is -2.08. The second-order valence-electron chi connectivity index (χ2n) is 6.40. The van der Waals surface area contributed by atoms with E-state index in [1.807, 2.05) is 22.8 Å². The van der Waals surface area contributed by atoms with Crippen molar-refractivity contribution in [2.24, 2.45) is 0 Å². The highest BCUT2D eigenvalue weighted by Crippen LogP contribution is 2.36. The van der Waals surface area contributed by atoms with Crippen LogP contribution in [0.2, 0.25) is 0 Å². The van der Waals surface area contributed by atoms with Gasteiger partial charge >= 0.3 is 0 Å². The molecule has 1 N–H and O–H groups in total. The van der Waals surface area contributed by atoms with E-state index < -0.39 is 17.2 Å². The topological polar surface area (TPSA) is 63.6 Å². The summed E-state index contributed by atoms with van der Waals surface area (Å²) in [5, 5.41) is 0.435. The van der Waals surface area contributed by atoms with Crippen molar-refractivity contribution in [3.63, 3.8) is 0 Å². The molecule has 1 aliphatic carbocycles. The van der Waals surface area contributed by atoms with Gasteiger partial charge < -0.3 is 9.55 Å². The monoisotopic (exact) mass is 440 g/mol. The van der Waals surface area contributed by atoms with E-state index in [1.165, 1.54) is 12.1 Å². The Morgan fingerprint density at radius 1 is 1.18 bits per heavy atom. The number of benzene rings is 1. The number of rotatable bonds is 3. The third-order valence-corrected chi connectivity index (χ3v) is 5.52. The fraction of sp³-hybridized carbons (Fsp3) is 0.0500. The Kier molecular flexibility index (Phi) is 3.77. The number of H-pyrrole nitrogens is 1. The zero-order chi connectivity index (χ0) is 19.4. The molecule has 0 radical (unpaired) electrons. The summed E-state index contributed by atoms with van der Waals surface area (Å²) in [5.41, 5.74) is 3.06. The second-order valence-corrected chi connectivity index (χ2v) is 7.19. The molecule has 4 aromatic rings. The fourth-order valence-corrected chi connectivity index (χ4v) is 4.17. The summed E-state index contributed by atoms with van der Waals surface area (Å²) in [7, 11) is 0. The molecule has 138 valence electrons. The van der Waals surface area contributed by atoms with E-state index in [-0.39, 0.29) is 12.1 Å². The molecular weight excluding hydrogens is 430 g/mol. The summed E-state index contributed by atoms with van der Waals surface area (Å²) >= 11 is 3.60.